The molecule has 0 amide bonds. The van der Waals surface area contributed by atoms with E-state index in [1.54, 1.807) is 0 Å². The maximum Gasteiger partial charge on any atom is 0.0203 e. The van der Waals surface area contributed by atoms with Gasteiger partial charge in [-0.05, 0) is 60.4 Å². The van der Waals surface area contributed by atoms with Gasteiger partial charge in [0.2, 0.25) is 0 Å². The first-order valence-electron chi connectivity index (χ1n) is 16.8. The van der Waals surface area contributed by atoms with Crippen LogP contribution in [-0.4, -0.2) is 50.1 Å². The van der Waals surface area contributed by atoms with E-state index in [1.807, 2.05) is 0 Å². The maximum atomic E-state index is 2.64. The summed E-state index contributed by atoms with van der Waals surface area (Å²) in [6, 6.07) is 0. The highest BCUT2D eigenvalue weighted by molar-refractivity contribution is 4.88. The molecule has 0 saturated carbocycles. The third-order valence-electron chi connectivity index (χ3n) is 8.69. The van der Waals surface area contributed by atoms with Gasteiger partial charge < -0.3 is 9.80 Å². The molecule has 0 rings (SSSR count). The highest BCUT2D eigenvalue weighted by Crippen LogP contribution is 2.33. The monoisotopic (exact) mass is 509 g/mol. The zero-order chi connectivity index (χ0) is 26.7. The van der Waals surface area contributed by atoms with Gasteiger partial charge in [-0.3, -0.25) is 0 Å². The van der Waals surface area contributed by atoms with Crippen LogP contribution in [0.3, 0.4) is 0 Å². The molecular formula is C34H72N2. The minimum atomic E-state index is 0.443. The Hall–Kier alpha value is -0.0800. The van der Waals surface area contributed by atoms with Crippen LogP contribution >= 0.6 is 0 Å². The average Bonchev–Trinajstić information content (AvgIpc) is 2.85. The van der Waals surface area contributed by atoms with E-state index in [2.05, 4.69) is 51.8 Å². The molecule has 2 nitrogen and oxygen atoms in total. The van der Waals surface area contributed by atoms with E-state index in [0.29, 0.717) is 5.54 Å². The molecule has 0 aliphatic heterocycles. The smallest absolute Gasteiger partial charge is 0.0203 e. The lowest BCUT2D eigenvalue weighted by Crippen LogP contribution is -2.44. The van der Waals surface area contributed by atoms with Gasteiger partial charge in [-0.1, -0.05) is 155 Å². The number of hydrogen-bond donors (Lipinski definition) is 0. The predicted octanol–water partition coefficient (Wildman–Crippen LogP) is 11.0. The summed E-state index contributed by atoms with van der Waals surface area (Å²) in [5.41, 5.74) is 0.443. The molecule has 0 aromatic carbocycles. The molecule has 0 heterocycles. The molecule has 218 valence electrons. The predicted molar refractivity (Wildman–Crippen MR) is 166 cm³/mol. The molecule has 0 radical (unpaired) electrons. The Morgan fingerprint density at radius 2 is 0.639 bits per heavy atom. The van der Waals surface area contributed by atoms with E-state index in [0.717, 1.165) is 0 Å². The molecule has 0 spiro atoms. The third-order valence-corrected chi connectivity index (χ3v) is 8.69. The van der Waals surface area contributed by atoms with Gasteiger partial charge in [0.05, 0.1) is 0 Å². The Balaban J connectivity index is 4.36. The van der Waals surface area contributed by atoms with Gasteiger partial charge in [-0.2, -0.15) is 0 Å². The lowest BCUT2D eigenvalue weighted by atomic mass is 9.80. The van der Waals surface area contributed by atoms with Crippen LogP contribution in [0.1, 0.15) is 181 Å². The summed E-state index contributed by atoms with van der Waals surface area (Å²) < 4.78 is 0. The van der Waals surface area contributed by atoms with Crippen LogP contribution in [-0.2, 0) is 0 Å². The van der Waals surface area contributed by atoms with E-state index in [1.165, 1.54) is 173 Å². The summed E-state index contributed by atoms with van der Waals surface area (Å²) in [6.07, 6.45) is 37.3. The van der Waals surface area contributed by atoms with Gasteiger partial charge in [-0.25, -0.2) is 0 Å². The second-order valence-corrected chi connectivity index (χ2v) is 12.6. The minimum Gasteiger partial charge on any atom is -0.309 e. The molecule has 2 heteroatoms. The largest absolute Gasteiger partial charge is 0.309 e. The summed E-state index contributed by atoms with van der Waals surface area (Å²) in [7, 11) is 9.18. The molecule has 0 aliphatic rings. The van der Waals surface area contributed by atoms with Crippen molar-refractivity contribution in [3.63, 3.8) is 0 Å². The first-order chi connectivity index (χ1) is 17.5. The van der Waals surface area contributed by atoms with Crippen molar-refractivity contribution in [1.82, 2.24) is 9.80 Å². The molecule has 0 bridgehead atoms. The van der Waals surface area contributed by atoms with Crippen molar-refractivity contribution in [2.75, 3.05) is 34.7 Å². The summed E-state index contributed by atoms with van der Waals surface area (Å²) in [4.78, 5) is 4.98. The molecule has 0 aromatic heterocycles. The lowest BCUT2D eigenvalue weighted by Gasteiger charge is -2.41. The summed E-state index contributed by atoms with van der Waals surface area (Å²) in [5, 5.41) is 0. The normalized spacial score (nSPS) is 12.3. The van der Waals surface area contributed by atoms with Crippen LogP contribution in [0.25, 0.3) is 0 Å². The Morgan fingerprint density at radius 3 is 0.917 bits per heavy atom. The van der Waals surface area contributed by atoms with Crippen molar-refractivity contribution in [2.24, 2.45) is 0 Å². The van der Waals surface area contributed by atoms with Crippen molar-refractivity contribution in [2.45, 2.75) is 186 Å². The SMILES string of the molecule is CCCCCCCCCCCCC(CCCCCCCCCCCC)(CCCCCN(C)C)N(C)C. The molecule has 0 aromatic rings. The molecule has 0 saturated heterocycles. The number of unbranched alkanes of at least 4 members (excludes halogenated alkanes) is 20. The number of hydrogen-bond acceptors (Lipinski definition) is 2. The fraction of sp³-hybridized carbons (Fsp3) is 1.00. The van der Waals surface area contributed by atoms with Gasteiger partial charge in [0, 0.05) is 5.54 Å². The zero-order valence-electron chi connectivity index (χ0n) is 26.5. The highest BCUT2D eigenvalue weighted by Gasteiger charge is 2.30. The molecule has 0 N–H and O–H groups in total. The Bertz CT molecular complexity index is 393. The fourth-order valence-corrected chi connectivity index (χ4v) is 5.99. The number of nitrogens with zero attached hydrogens (tertiary/aromatic N) is 2. The molecule has 0 atom stereocenters. The van der Waals surface area contributed by atoms with Crippen molar-refractivity contribution in [1.29, 1.82) is 0 Å². The van der Waals surface area contributed by atoms with E-state index in [4.69, 9.17) is 0 Å². The van der Waals surface area contributed by atoms with E-state index in [-0.39, 0.29) is 0 Å². The van der Waals surface area contributed by atoms with Crippen LogP contribution in [0.4, 0.5) is 0 Å². The van der Waals surface area contributed by atoms with E-state index < -0.39 is 0 Å². The molecule has 0 fully saturated rings. The first kappa shape index (κ1) is 35.9. The molecule has 0 aliphatic carbocycles. The van der Waals surface area contributed by atoms with Crippen LogP contribution < -0.4 is 0 Å². The summed E-state index contributed by atoms with van der Waals surface area (Å²) >= 11 is 0. The van der Waals surface area contributed by atoms with Crippen molar-refractivity contribution in [3.8, 4) is 0 Å². The highest BCUT2D eigenvalue weighted by atomic mass is 15.1. The molecule has 36 heavy (non-hydrogen) atoms. The quantitative estimate of drug-likeness (QED) is 0.0927. The van der Waals surface area contributed by atoms with Gasteiger partial charge >= 0.3 is 0 Å². The standard InChI is InChI=1S/C34H72N2/c1-7-9-11-13-15-17-19-21-23-26-30-34(36(5)6,32-28-25-29-33-35(3)4)31-27-24-22-20-18-16-14-12-10-8-2/h7-33H2,1-6H3. The molecular weight excluding hydrogens is 436 g/mol. The van der Waals surface area contributed by atoms with E-state index >= 15 is 0 Å². The Morgan fingerprint density at radius 1 is 0.361 bits per heavy atom. The zero-order valence-corrected chi connectivity index (χ0v) is 26.5. The van der Waals surface area contributed by atoms with Crippen LogP contribution in [0.5, 0.6) is 0 Å². The maximum absolute atomic E-state index is 2.64. The van der Waals surface area contributed by atoms with Crippen LogP contribution in [0.2, 0.25) is 0 Å². The van der Waals surface area contributed by atoms with Gasteiger partial charge in [0.25, 0.3) is 0 Å². The second-order valence-electron chi connectivity index (χ2n) is 12.6. The Kier molecular flexibility index (Phi) is 26.5. The number of rotatable bonds is 29. The van der Waals surface area contributed by atoms with Crippen molar-refractivity contribution < 1.29 is 0 Å². The van der Waals surface area contributed by atoms with Gasteiger partial charge in [-0.15, -0.1) is 0 Å². The summed E-state index contributed by atoms with van der Waals surface area (Å²) in [6.45, 7) is 5.87. The average molecular weight is 509 g/mol. The molecule has 0 unspecified atom stereocenters. The van der Waals surface area contributed by atoms with Gasteiger partial charge in [0.15, 0.2) is 0 Å². The van der Waals surface area contributed by atoms with E-state index in [9.17, 15) is 0 Å². The summed E-state index contributed by atoms with van der Waals surface area (Å²) in [5.74, 6) is 0. The van der Waals surface area contributed by atoms with Crippen molar-refractivity contribution in [3.05, 3.63) is 0 Å². The van der Waals surface area contributed by atoms with Crippen molar-refractivity contribution >= 4 is 0 Å². The minimum absolute atomic E-state index is 0.443. The topological polar surface area (TPSA) is 6.48 Å². The fourth-order valence-electron chi connectivity index (χ4n) is 5.99. The first-order valence-corrected chi connectivity index (χ1v) is 16.8. The van der Waals surface area contributed by atoms with Crippen LogP contribution in [0, 0.1) is 0 Å². The third kappa shape index (κ3) is 22.0. The van der Waals surface area contributed by atoms with Gasteiger partial charge in [0.1, 0.15) is 0 Å². The van der Waals surface area contributed by atoms with Crippen LogP contribution in [0.15, 0.2) is 0 Å². The lowest BCUT2D eigenvalue weighted by molar-refractivity contribution is 0.104. The second kappa shape index (κ2) is 26.5. The Labute approximate surface area is 230 Å².